The Morgan fingerprint density at radius 3 is 3.00 bits per heavy atom. The Kier molecular flexibility index (Phi) is 4.80. The minimum atomic E-state index is 0.0815. The standard InChI is InChI=1S/C15H22N2O2/c1-17(2)13(14-8-5-9-19-14)11-16-15(18)10-12-6-3-4-7-12/h3,5-6,8-9,12-13H,4,7,10-11H2,1-2H3,(H,16,18). The second-order valence-electron chi connectivity index (χ2n) is 5.27. The maximum atomic E-state index is 11.9. The molecule has 1 aromatic rings. The zero-order valence-corrected chi connectivity index (χ0v) is 11.6. The molecule has 4 heteroatoms. The van der Waals surface area contributed by atoms with Crippen molar-refractivity contribution in [3.05, 3.63) is 36.3 Å². The van der Waals surface area contributed by atoms with Gasteiger partial charge in [-0.05, 0) is 45.0 Å². The third-order valence-corrected chi connectivity index (χ3v) is 3.55. The molecule has 1 N–H and O–H groups in total. The zero-order chi connectivity index (χ0) is 13.7. The SMILES string of the molecule is CN(C)C(CNC(=O)CC1C=CCC1)c1ccco1. The van der Waals surface area contributed by atoms with E-state index in [2.05, 4.69) is 22.4 Å². The second kappa shape index (κ2) is 6.57. The molecule has 2 atom stereocenters. The summed E-state index contributed by atoms with van der Waals surface area (Å²) in [5, 5.41) is 3.00. The predicted octanol–water partition coefficient (Wildman–Crippen LogP) is 2.35. The lowest BCUT2D eigenvalue weighted by atomic mass is 10.0. The first-order valence-electron chi connectivity index (χ1n) is 6.80. The molecule has 1 amide bonds. The van der Waals surface area contributed by atoms with Gasteiger partial charge in [-0.3, -0.25) is 9.69 Å². The molecule has 1 heterocycles. The van der Waals surface area contributed by atoms with Crippen molar-refractivity contribution >= 4 is 5.91 Å². The number of amides is 1. The van der Waals surface area contributed by atoms with E-state index in [4.69, 9.17) is 4.42 Å². The number of nitrogens with one attached hydrogen (secondary N) is 1. The molecule has 0 fully saturated rings. The lowest BCUT2D eigenvalue weighted by Gasteiger charge is -2.22. The van der Waals surface area contributed by atoms with E-state index in [0.29, 0.717) is 18.9 Å². The van der Waals surface area contributed by atoms with E-state index in [9.17, 15) is 4.79 Å². The molecule has 104 valence electrons. The number of likely N-dealkylation sites (N-methyl/N-ethyl adjacent to an activating group) is 1. The van der Waals surface area contributed by atoms with Crippen LogP contribution in [0.1, 0.15) is 31.1 Å². The van der Waals surface area contributed by atoms with Gasteiger partial charge in [0.2, 0.25) is 5.91 Å². The van der Waals surface area contributed by atoms with Crippen LogP contribution in [0.15, 0.2) is 35.0 Å². The summed E-state index contributed by atoms with van der Waals surface area (Å²) in [6, 6.07) is 3.89. The van der Waals surface area contributed by atoms with E-state index in [0.717, 1.165) is 18.6 Å². The maximum absolute atomic E-state index is 11.9. The number of rotatable bonds is 6. The average molecular weight is 262 g/mol. The molecule has 2 unspecified atom stereocenters. The molecule has 0 aromatic carbocycles. The van der Waals surface area contributed by atoms with Crippen LogP contribution in [0.5, 0.6) is 0 Å². The van der Waals surface area contributed by atoms with E-state index in [1.807, 2.05) is 26.2 Å². The molecular weight excluding hydrogens is 240 g/mol. The first-order chi connectivity index (χ1) is 9.16. The van der Waals surface area contributed by atoms with Crippen LogP contribution in [0.4, 0.5) is 0 Å². The quantitative estimate of drug-likeness (QED) is 0.800. The van der Waals surface area contributed by atoms with Gasteiger partial charge >= 0.3 is 0 Å². The fraction of sp³-hybridized carbons (Fsp3) is 0.533. The average Bonchev–Trinajstić information content (AvgIpc) is 3.01. The number of hydrogen-bond donors (Lipinski definition) is 1. The number of carbonyl (C=O) groups is 1. The Labute approximate surface area is 114 Å². The normalized spacial score (nSPS) is 19.8. The Balaban J connectivity index is 1.81. The fourth-order valence-electron chi connectivity index (χ4n) is 2.40. The summed E-state index contributed by atoms with van der Waals surface area (Å²) in [6.07, 6.45) is 8.76. The number of allylic oxidation sites excluding steroid dienone is 2. The zero-order valence-electron chi connectivity index (χ0n) is 11.6. The molecule has 0 aliphatic heterocycles. The van der Waals surface area contributed by atoms with Crippen LogP contribution >= 0.6 is 0 Å². The highest BCUT2D eigenvalue weighted by atomic mass is 16.3. The molecule has 0 saturated carbocycles. The van der Waals surface area contributed by atoms with E-state index in [1.54, 1.807) is 6.26 Å². The second-order valence-corrected chi connectivity index (χ2v) is 5.27. The van der Waals surface area contributed by atoms with E-state index in [1.165, 1.54) is 0 Å². The summed E-state index contributed by atoms with van der Waals surface area (Å²) in [4.78, 5) is 14.0. The van der Waals surface area contributed by atoms with Crippen molar-refractivity contribution in [2.24, 2.45) is 5.92 Å². The highest BCUT2D eigenvalue weighted by Crippen LogP contribution is 2.21. The number of furan rings is 1. The van der Waals surface area contributed by atoms with Crippen LogP contribution in [-0.4, -0.2) is 31.4 Å². The third-order valence-electron chi connectivity index (χ3n) is 3.55. The van der Waals surface area contributed by atoms with E-state index < -0.39 is 0 Å². The van der Waals surface area contributed by atoms with Gasteiger partial charge in [0.25, 0.3) is 0 Å². The van der Waals surface area contributed by atoms with Crippen LogP contribution in [0, 0.1) is 5.92 Å². The largest absolute Gasteiger partial charge is 0.468 e. The molecule has 0 spiro atoms. The van der Waals surface area contributed by atoms with Crippen LogP contribution < -0.4 is 5.32 Å². The Hall–Kier alpha value is -1.55. The molecule has 2 rings (SSSR count). The van der Waals surface area contributed by atoms with Gasteiger partial charge in [0.05, 0.1) is 12.3 Å². The van der Waals surface area contributed by atoms with Crippen molar-refractivity contribution in [3.63, 3.8) is 0 Å². The monoisotopic (exact) mass is 262 g/mol. The Bertz CT molecular complexity index is 423. The predicted molar refractivity (Wildman–Crippen MR) is 74.6 cm³/mol. The van der Waals surface area contributed by atoms with Gasteiger partial charge in [0.15, 0.2) is 0 Å². The lowest BCUT2D eigenvalue weighted by Crippen LogP contribution is -2.34. The van der Waals surface area contributed by atoms with Crippen molar-refractivity contribution in [2.45, 2.75) is 25.3 Å². The molecule has 0 radical (unpaired) electrons. The minimum absolute atomic E-state index is 0.0815. The molecule has 1 aliphatic carbocycles. The van der Waals surface area contributed by atoms with Crippen molar-refractivity contribution in [1.29, 1.82) is 0 Å². The van der Waals surface area contributed by atoms with Gasteiger partial charge in [-0.2, -0.15) is 0 Å². The Morgan fingerprint density at radius 2 is 2.42 bits per heavy atom. The van der Waals surface area contributed by atoms with Crippen molar-refractivity contribution in [1.82, 2.24) is 10.2 Å². The van der Waals surface area contributed by atoms with Gasteiger partial charge in [0.1, 0.15) is 5.76 Å². The summed E-state index contributed by atoms with van der Waals surface area (Å²) >= 11 is 0. The number of nitrogens with zero attached hydrogens (tertiary/aromatic N) is 1. The fourth-order valence-corrected chi connectivity index (χ4v) is 2.40. The van der Waals surface area contributed by atoms with Crippen molar-refractivity contribution in [2.75, 3.05) is 20.6 Å². The van der Waals surface area contributed by atoms with Gasteiger partial charge < -0.3 is 9.73 Å². The van der Waals surface area contributed by atoms with Gasteiger partial charge in [-0.25, -0.2) is 0 Å². The van der Waals surface area contributed by atoms with E-state index >= 15 is 0 Å². The van der Waals surface area contributed by atoms with Crippen LogP contribution in [-0.2, 0) is 4.79 Å². The molecule has 1 aliphatic rings. The molecule has 19 heavy (non-hydrogen) atoms. The highest BCUT2D eigenvalue weighted by molar-refractivity contribution is 5.76. The Morgan fingerprint density at radius 1 is 1.58 bits per heavy atom. The van der Waals surface area contributed by atoms with Crippen LogP contribution in [0.3, 0.4) is 0 Å². The summed E-state index contributed by atoms with van der Waals surface area (Å²) < 4.78 is 5.42. The maximum Gasteiger partial charge on any atom is 0.220 e. The molecule has 0 bridgehead atoms. The number of hydrogen-bond acceptors (Lipinski definition) is 3. The summed E-state index contributed by atoms with van der Waals surface area (Å²) in [5.41, 5.74) is 0. The van der Waals surface area contributed by atoms with Crippen LogP contribution in [0.25, 0.3) is 0 Å². The number of carbonyl (C=O) groups excluding carboxylic acids is 1. The third kappa shape index (κ3) is 3.96. The minimum Gasteiger partial charge on any atom is -0.468 e. The first kappa shape index (κ1) is 13.9. The first-order valence-corrected chi connectivity index (χ1v) is 6.80. The summed E-state index contributed by atoms with van der Waals surface area (Å²) in [5.74, 6) is 1.42. The lowest BCUT2D eigenvalue weighted by molar-refractivity contribution is -0.121. The molecule has 1 aromatic heterocycles. The van der Waals surface area contributed by atoms with Crippen molar-refractivity contribution in [3.8, 4) is 0 Å². The van der Waals surface area contributed by atoms with Gasteiger partial charge in [0, 0.05) is 13.0 Å². The summed E-state index contributed by atoms with van der Waals surface area (Å²) in [6.45, 7) is 0.579. The van der Waals surface area contributed by atoms with Crippen LogP contribution in [0.2, 0.25) is 0 Å². The summed E-state index contributed by atoms with van der Waals surface area (Å²) in [7, 11) is 3.97. The molecular formula is C15H22N2O2. The van der Waals surface area contributed by atoms with Gasteiger partial charge in [-0.15, -0.1) is 0 Å². The topological polar surface area (TPSA) is 45.5 Å². The highest BCUT2D eigenvalue weighted by Gasteiger charge is 2.19. The molecule has 4 nitrogen and oxygen atoms in total. The van der Waals surface area contributed by atoms with Crippen molar-refractivity contribution < 1.29 is 9.21 Å². The molecule has 0 saturated heterocycles. The van der Waals surface area contributed by atoms with Gasteiger partial charge in [-0.1, -0.05) is 12.2 Å². The van der Waals surface area contributed by atoms with E-state index in [-0.39, 0.29) is 11.9 Å². The smallest absolute Gasteiger partial charge is 0.220 e.